The lowest BCUT2D eigenvalue weighted by Crippen LogP contribution is -2.39. The van der Waals surface area contributed by atoms with Gasteiger partial charge in [0.1, 0.15) is 22.9 Å². The fourth-order valence-electron chi connectivity index (χ4n) is 2.89. The Hall–Kier alpha value is -2.87. The molecule has 3 aromatic heterocycles. The number of pyridine rings is 1. The van der Waals surface area contributed by atoms with E-state index in [1.165, 1.54) is 0 Å². The van der Waals surface area contributed by atoms with E-state index in [1.54, 1.807) is 13.0 Å². The van der Waals surface area contributed by atoms with Crippen LogP contribution in [0.2, 0.25) is 0 Å². The van der Waals surface area contributed by atoms with Crippen LogP contribution in [0.15, 0.2) is 45.9 Å². The quantitative estimate of drug-likeness (QED) is 0.312. The molecule has 0 saturated heterocycles. The first kappa shape index (κ1) is 19.9. The average molecular weight is 384 g/mol. The van der Waals surface area contributed by atoms with Crippen molar-refractivity contribution in [2.45, 2.75) is 39.2 Å². The molecule has 0 aliphatic heterocycles. The molecule has 0 radical (unpaired) electrons. The minimum absolute atomic E-state index is 0.199. The van der Waals surface area contributed by atoms with Crippen molar-refractivity contribution >= 4 is 11.6 Å². The summed E-state index contributed by atoms with van der Waals surface area (Å²) < 4.78 is 7.54. The minimum Gasteiger partial charge on any atom is -0.463 e. The number of fused-ring (bicyclic) bond motifs is 1. The summed E-state index contributed by atoms with van der Waals surface area (Å²) in [6.45, 7) is 7.23. The molecule has 8 heteroatoms. The topological polar surface area (TPSA) is 100.0 Å². The first-order valence-corrected chi connectivity index (χ1v) is 9.59. The number of furan rings is 1. The molecule has 0 amide bonds. The Kier molecular flexibility index (Phi) is 6.30. The second-order valence-corrected chi connectivity index (χ2v) is 6.95. The fourth-order valence-corrected chi connectivity index (χ4v) is 2.89. The van der Waals surface area contributed by atoms with Crippen LogP contribution in [-0.4, -0.2) is 45.3 Å². The number of guanidine groups is 1. The van der Waals surface area contributed by atoms with Crippen LogP contribution < -0.4 is 10.6 Å². The molecule has 3 aromatic rings. The van der Waals surface area contributed by atoms with Crippen LogP contribution in [-0.2, 0) is 12.0 Å². The Labute approximate surface area is 164 Å². The lowest BCUT2D eigenvalue weighted by molar-refractivity contribution is 0.0428. The van der Waals surface area contributed by atoms with E-state index in [4.69, 9.17) is 4.42 Å². The molecule has 0 spiro atoms. The number of hydrogen-bond acceptors (Lipinski definition) is 5. The first-order chi connectivity index (χ1) is 13.5. The molecule has 0 aliphatic rings. The first-order valence-electron chi connectivity index (χ1n) is 9.59. The summed E-state index contributed by atoms with van der Waals surface area (Å²) in [6, 6.07) is 9.49. The summed E-state index contributed by atoms with van der Waals surface area (Å²) in [4.78, 5) is 4.51. The Morgan fingerprint density at radius 3 is 2.86 bits per heavy atom. The van der Waals surface area contributed by atoms with Crippen molar-refractivity contribution in [1.82, 2.24) is 25.2 Å². The van der Waals surface area contributed by atoms with Crippen molar-refractivity contribution in [3.05, 3.63) is 53.9 Å². The lowest BCUT2D eigenvalue weighted by Gasteiger charge is -2.19. The van der Waals surface area contributed by atoms with Gasteiger partial charge in [0.15, 0.2) is 11.6 Å². The molecule has 0 aromatic carbocycles. The lowest BCUT2D eigenvalue weighted by atomic mass is 10.0. The number of nitrogens with one attached hydrogen (secondary N) is 2. The van der Waals surface area contributed by atoms with E-state index in [0.29, 0.717) is 11.7 Å². The molecule has 0 fully saturated rings. The van der Waals surface area contributed by atoms with Crippen molar-refractivity contribution in [3.63, 3.8) is 0 Å². The predicted octanol–water partition coefficient (Wildman–Crippen LogP) is 2.03. The molecule has 0 saturated carbocycles. The normalized spacial score (nSPS) is 14.2. The van der Waals surface area contributed by atoms with Crippen molar-refractivity contribution in [3.8, 4) is 0 Å². The maximum absolute atomic E-state index is 10.6. The summed E-state index contributed by atoms with van der Waals surface area (Å²) in [6.07, 6.45) is 3.66. The molecule has 3 heterocycles. The third kappa shape index (κ3) is 4.89. The van der Waals surface area contributed by atoms with Gasteiger partial charge in [0.25, 0.3) is 0 Å². The van der Waals surface area contributed by atoms with Crippen LogP contribution in [0, 0.1) is 6.92 Å². The van der Waals surface area contributed by atoms with Crippen LogP contribution in [0.5, 0.6) is 0 Å². The maximum atomic E-state index is 10.6. The largest absolute Gasteiger partial charge is 0.463 e. The summed E-state index contributed by atoms with van der Waals surface area (Å²) >= 11 is 0. The molecule has 0 aliphatic carbocycles. The Morgan fingerprint density at radius 2 is 2.11 bits per heavy atom. The Bertz CT molecular complexity index is 928. The van der Waals surface area contributed by atoms with Gasteiger partial charge in [-0.25, -0.2) is 4.99 Å². The number of hydrogen-bond donors (Lipinski definition) is 3. The minimum atomic E-state index is -1.16. The molecular formula is C20H28N6O2. The van der Waals surface area contributed by atoms with Gasteiger partial charge in [-0.2, -0.15) is 0 Å². The molecule has 3 rings (SSSR count). The zero-order valence-corrected chi connectivity index (χ0v) is 16.6. The molecule has 8 nitrogen and oxygen atoms in total. The number of aliphatic imine (C=N–C) groups is 1. The van der Waals surface area contributed by atoms with Gasteiger partial charge in [0, 0.05) is 25.7 Å². The Balaban J connectivity index is 1.53. The van der Waals surface area contributed by atoms with E-state index in [1.807, 2.05) is 48.7 Å². The highest BCUT2D eigenvalue weighted by Crippen LogP contribution is 2.23. The summed E-state index contributed by atoms with van der Waals surface area (Å²) in [5, 5.41) is 25.6. The summed E-state index contributed by atoms with van der Waals surface area (Å²) in [5.74, 6) is 2.89. The summed E-state index contributed by atoms with van der Waals surface area (Å²) in [7, 11) is 0. The van der Waals surface area contributed by atoms with E-state index < -0.39 is 5.60 Å². The monoisotopic (exact) mass is 384 g/mol. The van der Waals surface area contributed by atoms with Gasteiger partial charge in [0.2, 0.25) is 0 Å². The standard InChI is InChI=1S/C20H28N6O2/c1-4-21-19(23-14-20(3,27)16-11-10-15(2)28-16)22-12-7-9-18-25-24-17-8-5-6-13-26(17)18/h5-6,8,10-11,13,27H,4,7,9,12,14H2,1-3H3,(H2,21,22,23). The van der Waals surface area contributed by atoms with E-state index in [9.17, 15) is 5.11 Å². The van der Waals surface area contributed by atoms with E-state index >= 15 is 0 Å². The maximum Gasteiger partial charge on any atom is 0.191 e. The highest BCUT2D eigenvalue weighted by molar-refractivity contribution is 5.79. The van der Waals surface area contributed by atoms with Crippen LogP contribution in [0.4, 0.5) is 0 Å². The van der Waals surface area contributed by atoms with E-state index in [-0.39, 0.29) is 6.54 Å². The molecule has 3 N–H and O–H groups in total. The molecule has 1 unspecified atom stereocenters. The zero-order valence-electron chi connectivity index (χ0n) is 16.6. The fraction of sp³-hybridized carbons (Fsp3) is 0.450. The van der Waals surface area contributed by atoms with Gasteiger partial charge in [-0.3, -0.25) is 4.40 Å². The zero-order chi connectivity index (χ0) is 20.0. The van der Waals surface area contributed by atoms with Crippen LogP contribution >= 0.6 is 0 Å². The van der Waals surface area contributed by atoms with Crippen molar-refractivity contribution in [2.75, 3.05) is 19.6 Å². The number of aliphatic hydroxyl groups is 1. The molecular weight excluding hydrogens is 356 g/mol. The van der Waals surface area contributed by atoms with Crippen molar-refractivity contribution in [2.24, 2.45) is 4.99 Å². The van der Waals surface area contributed by atoms with Crippen molar-refractivity contribution in [1.29, 1.82) is 0 Å². The van der Waals surface area contributed by atoms with E-state index in [2.05, 4.69) is 25.8 Å². The van der Waals surface area contributed by atoms with Gasteiger partial charge in [0.05, 0.1) is 6.54 Å². The second kappa shape index (κ2) is 8.88. The molecule has 0 bridgehead atoms. The highest BCUT2D eigenvalue weighted by atomic mass is 16.4. The average Bonchev–Trinajstić information content (AvgIpc) is 3.30. The number of aryl methyl sites for hydroxylation is 2. The van der Waals surface area contributed by atoms with Crippen LogP contribution in [0.1, 0.15) is 37.6 Å². The van der Waals surface area contributed by atoms with Crippen LogP contribution in [0.3, 0.4) is 0 Å². The van der Waals surface area contributed by atoms with Gasteiger partial charge < -0.3 is 20.2 Å². The highest BCUT2D eigenvalue weighted by Gasteiger charge is 2.26. The van der Waals surface area contributed by atoms with Gasteiger partial charge in [-0.15, -0.1) is 10.2 Å². The van der Waals surface area contributed by atoms with Crippen LogP contribution in [0.25, 0.3) is 5.65 Å². The van der Waals surface area contributed by atoms with Gasteiger partial charge in [-0.05, 0) is 51.5 Å². The van der Waals surface area contributed by atoms with Gasteiger partial charge >= 0.3 is 0 Å². The van der Waals surface area contributed by atoms with Crippen molar-refractivity contribution < 1.29 is 9.52 Å². The number of rotatable bonds is 8. The third-order valence-corrected chi connectivity index (χ3v) is 4.41. The summed E-state index contributed by atoms with van der Waals surface area (Å²) in [5.41, 5.74) is -0.299. The third-order valence-electron chi connectivity index (χ3n) is 4.41. The molecule has 28 heavy (non-hydrogen) atoms. The smallest absolute Gasteiger partial charge is 0.191 e. The molecule has 1 atom stereocenters. The van der Waals surface area contributed by atoms with E-state index in [0.717, 1.165) is 43.2 Å². The SMILES string of the molecule is CCNC(=NCC(C)(O)c1ccc(C)o1)NCCCc1nnc2ccccn12. The second-order valence-electron chi connectivity index (χ2n) is 6.95. The van der Waals surface area contributed by atoms with Gasteiger partial charge in [-0.1, -0.05) is 6.07 Å². The number of nitrogens with zero attached hydrogens (tertiary/aromatic N) is 4. The molecule has 150 valence electrons. The Morgan fingerprint density at radius 1 is 1.25 bits per heavy atom. The number of aromatic nitrogens is 3. The predicted molar refractivity (Wildman–Crippen MR) is 108 cm³/mol.